The van der Waals surface area contributed by atoms with Crippen molar-refractivity contribution in [1.29, 1.82) is 0 Å². The van der Waals surface area contributed by atoms with E-state index in [-0.39, 0.29) is 17.4 Å². The lowest BCUT2D eigenvalue weighted by atomic mass is 9.38. The Kier molecular flexibility index (Phi) is 6.29. The Morgan fingerprint density at radius 3 is 2.53 bits per heavy atom. The molecule has 6 aliphatic carbocycles. The second kappa shape index (κ2) is 8.99. The fourth-order valence-electron chi connectivity index (χ4n) is 11.5. The average Bonchev–Trinajstić information content (AvgIpc) is 3.26. The van der Waals surface area contributed by atoms with Gasteiger partial charge in [-0.3, -0.25) is 4.79 Å². The number of esters is 1. The molecule has 0 saturated heterocycles. The first kappa shape index (κ1) is 25.2. The number of carbonyl (C=O) groups is 1. The summed E-state index contributed by atoms with van der Waals surface area (Å²) >= 11 is 0. The topological polar surface area (TPSA) is 52.3 Å². The summed E-state index contributed by atoms with van der Waals surface area (Å²) in [6.07, 6.45) is 21.5. The number of rotatable bonds is 3. The molecule has 2 N–H and O–H groups in total. The van der Waals surface area contributed by atoms with Gasteiger partial charge in [0.15, 0.2) is 0 Å². The number of carbonyl (C=O) groups excluding carboxylic acids is 1. The van der Waals surface area contributed by atoms with Crippen LogP contribution in [0.1, 0.15) is 111 Å². The molecule has 6 aliphatic rings. The van der Waals surface area contributed by atoms with E-state index in [1.165, 1.54) is 69.8 Å². The van der Waals surface area contributed by atoms with Crippen molar-refractivity contribution < 1.29 is 9.53 Å². The van der Waals surface area contributed by atoms with Gasteiger partial charge < -0.3 is 10.5 Å². The Bertz CT molecular complexity index is 951. The summed E-state index contributed by atoms with van der Waals surface area (Å²) in [6, 6.07) is 0. The number of allylic oxidation sites excluding steroid dienone is 4. The standard InChI is InChI=1S/C33H51NO2/c1-5-36-30(35)23-10-8-22(9-11-23)24-14-18-31(3)26(21(24)2)15-19-32(4)27-16-20-33(34)17-6-7-28(33)25(27)12-13-29(31)32/h8,14,21,23,25-29H,5-7,9-13,15-20,34H2,1-4H3/t21?,23?,25?,26?,27?,28-,29?,31?,32?,33?/m1/s1. The molecule has 36 heavy (non-hydrogen) atoms. The Balaban J connectivity index is 1.22. The van der Waals surface area contributed by atoms with E-state index < -0.39 is 0 Å². The largest absolute Gasteiger partial charge is 0.466 e. The van der Waals surface area contributed by atoms with E-state index in [0.29, 0.717) is 23.4 Å². The van der Waals surface area contributed by atoms with Gasteiger partial charge in [-0.15, -0.1) is 0 Å². The molecule has 10 atom stereocenters. The van der Waals surface area contributed by atoms with Gasteiger partial charge in [0.2, 0.25) is 0 Å². The molecule has 0 heterocycles. The fraction of sp³-hybridized carbons (Fsp3) is 0.848. The van der Waals surface area contributed by atoms with E-state index in [4.69, 9.17) is 10.5 Å². The highest BCUT2D eigenvalue weighted by atomic mass is 16.5. The maximum atomic E-state index is 12.2. The van der Waals surface area contributed by atoms with Gasteiger partial charge in [0.05, 0.1) is 12.5 Å². The molecule has 0 aromatic heterocycles. The van der Waals surface area contributed by atoms with Gasteiger partial charge in [0.1, 0.15) is 0 Å². The van der Waals surface area contributed by atoms with Gasteiger partial charge in [0, 0.05) is 5.54 Å². The molecule has 9 unspecified atom stereocenters. The molecule has 3 nitrogen and oxygen atoms in total. The van der Waals surface area contributed by atoms with E-state index in [1.807, 2.05) is 6.92 Å². The van der Waals surface area contributed by atoms with Crippen LogP contribution in [0.3, 0.4) is 0 Å². The normalized spacial score (nSPS) is 50.1. The van der Waals surface area contributed by atoms with Gasteiger partial charge in [-0.2, -0.15) is 0 Å². The van der Waals surface area contributed by atoms with Crippen molar-refractivity contribution >= 4 is 5.97 Å². The lowest BCUT2D eigenvalue weighted by Crippen LogP contribution is -2.62. The van der Waals surface area contributed by atoms with Crippen molar-refractivity contribution in [2.45, 2.75) is 117 Å². The monoisotopic (exact) mass is 493 g/mol. The number of fused-ring (bicyclic) bond motifs is 7. The summed E-state index contributed by atoms with van der Waals surface area (Å²) in [5.41, 5.74) is 11.3. The highest BCUT2D eigenvalue weighted by Crippen LogP contribution is 2.70. The minimum Gasteiger partial charge on any atom is -0.466 e. The van der Waals surface area contributed by atoms with Gasteiger partial charge in [-0.1, -0.05) is 39.3 Å². The van der Waals surface area contributed by atoms with Gasteiger partial charge in [-0.05, 0) is 141 Å². The maximum Gasteiger partial charge on any atom is 0.309 e. The maximum absolute atomic E-state index is 12.2. The SMILES string of the molecule is CCOC(=O)C1CC=C(C2=CCC3(C)C(CCC4(C)C5CCC6(N)CCC[C@@H]6C5CCC34)C2C)CC1. The highest BCUT2D eigenvalue weighted by molar-refractivity contribution is 5.73. The second-order valence-electron chi connectivity index (χ2n) is 14.4. The molecular formula is C33H51NO2. The van der Waals surface area contributed by atoms with Crippen molar-refractivity contribution in [1.82, 2.24) is 0 Å². The van der Waals surface area contributed by atoms with Crippen LogP contribution in [0.15, 0.2) is 23.3 Å². The first-order valence-electron chi connectivity index (χ1n) is 15.6. The lowest BCUT2D eigenvalue weighted by molar-refractivity contribution is -0.164. The van der Waals surface area contributed by atoms with E-state index in [1.54, 1.807) is 5.57 Å². The van der Waals surface area contributed by atoms with Crippen LogP contribution in [0.5, 0.6) is 0 Å². The smallest absolute Gasteiger partial charge is 0.309 e. The Morgan fingerprint density at radius 1 is 0.972 bits per heavy atom. The van der Waals surface area contributed by atoms with E-state index >= 15 is 0 Å². The van der Waals surface area contributed by atoms with Crippen molar-refractivity contribution in [2.75, 3.05) is 6.61 Å². The van der Waals surface area contributed by atoms with E-state index in [0.717, 1.165) is 48.9 Å². The molecule has 6 rings (SSSR count). The zero-order valence-corrected chi connectivity index (χ0v) is 23.5. The van der Waals surface area contributed by atoms with Gasteiger partial charge >= 0.3 is 5.97 Å². The zero-order chi connectivity index (χ0) is 25.3. The summed E-state index contributed by atoms with van der Waals surface area (Å²) in [5, 5.41) is 0. The van der Waals surface area contributed by atoms with Crippen LogP contribution in [-0.2, 0) is 9.53 Å². The van der Waals surface area contributed by atoms with Crippen LogP contribution < -0.4 is 5.73 Å². The molecule has 0 amide bonds. The highest BCUT2D eigenvalue weighted by Gasteiger charge is 2.63. The predicted octanol–water partition coefficient (Wildman–Crippen LogP) is 7.60. The second-order valence-corrected chi connectivity index (χ2v) is 14.4. The third-order valence-corrected chi connectivity index (χ3v) is 13.2. The molecule has 3 heteroatoms. The quantitative estimate of drug-likeness (QED) is 0.412. The Hall–Kier alpha value is -1.09. The van der Waals surface area contributed by atoms with Crippen molar-refractivity contribution in [3.63, 3.8) is 0 Å². The number of hydrogen-bond acceptors (Lipinski definition) is 3. The molecule has 0 aliphatic heterocycles. The van der Waals surface area contributed by atoms with Crippen molar-refractivity contribution in [3.05, 3.63) is 23.3 Å². The molecular weight excluding hydrogens is 442 g/mol. The van der Waals surface area contributed by atoms with Gasteiger partial charge in [-0.25, -0.2) is 0 Å². The van der Waals surface area contributed by atoms with Crippen LogP contribution in [0.4, 0.5) is 0 Å². The third kappa shape index (κ3) is 3.64. The summed E-state index contributed by atoms with van der Waals surface area (Å²) in [6.45, 7) is 10.3. The molecule has 4 saturated carbocycles. The van der Waals surface area contributed by atoms with Crippen LogP contribution >= 0.6 is 0 Å². The summed E-state index contributed by atoms with van der Waals surface area (Å²) < 4.78 is 5.30. The van der Waals surface area contributed by atoms with Crippen LogP contribution in [0.2, 0.25) is 0 Å². The molecule has 0 spiro atoms. The average molecular weight is 494 g/mol. The lowest BCUT2D eigenvalue weighted by Gasteiger charge is -2.67. The molecule has 0 aromatic rings. The number of hydrogen-bond donors (Lipinski definition) is 1. The predicted molar refractivity (Wildman–Crippen MR) is 146 cm³/mol. The number of nitrogens with two attached hydrogens (primary N) is 1. The third-order valence-electron chi connectivity index (χ3n) is 13.2. The van der Waals surface area contributed by atoms with Crippen LogP contribution in [0.25, 0.3) is 0 Å². The first-order valence-corrected chi connectivity index (χ1v) is 15.6. The molecule has 4 fully saturated rings. The molecule has 0 radical (unpaired) electrons. The van der Waals surface area contributed by atoms with Crippen molar-refractivity contribution in [2.24, 2.45) is 58.0 Å². The van der Waals surface area contributed by atoms with Gasteiger partial charge in [0.25, 0.3) is 0 Å². The first-order chi connectivity index (χ1) is 17.2. The van der Waals surface area contributed by atoms with Crippen LogP contribution in [-0.4, -0.2) is 18.1 Å². The fourth-order valence-corrected chi connectivity index (χ4v) is 11.5. The summed E-state index contributed by atoms with van der Waals surface area (Å²) in [7, 11) is 0. The minimum absolute atomic E-state index is 0.000379. The molecule has 0 aromatic carbocycles. The minimum atomic E-state index is 0.000379. The van der Waals surface area contributed by atoms with Crippen molar-refractivity contribution in [3.8, 4) is 0 Å². The van der Waals surface area contributed by atoms with Crippen LogP contribution in [0, 0.1) is 52.3 Å². The van der Waals surface area contributed by atoms with E-state index in [2.05, 4.69) is 32.9 Å². The summed E-state index contributed by atoms with van der Waals surface area (Å²) in [5.74, 6) is 4.93. The Morgan fingerprint density at radius 2 is 1.78 bits per heavy atom. The summed E-state index contributed by atoms with van der Waals surface area (Å²) in [4.78, 5) is 12.2. The van der Waals surface area contributed by atoms with E-state index in [9.17, 15) is 4.79 Å². The molecule has 0 bridgehead atoms. The molecule has 200 valence electrons. The Labute approximate surface area is 220 Å². The number of ether oxygens (including phenoxy) is 1. The zero-order valence-electron chi connectivity index (χ0n) is 23.5.